The molecule has 0 bridgehead atoms. The number of rotatable bonds is 5. The van der Waals surface area contributed by atoms with Crippen LogP contribution in [0.4, 0.5) is 11.8 Å². The van der Waals surface area contributed by atoms with E-state index in [2.05, 4.69) is 27.9 Å². The summed E-state index contributed by atoms with van der Waals surface area (Å²) in [5.74, 6) is 1.51. The fourth-order valence-electron chi connectivity index (χ4n) is 3.36. The first-order valence-electron chi connectivity index (χ1n) is 8.86. The summed E-state index contributed by atoms with van der Waals surface area (Å²) in [6, 6.07) is 9.53. The van der Waals surface area contributed by atoms with Crippen LogP contribution in [0.1, 0.15) is 25.3 Å². The molecule has 7 heteroatoms. The Morgan fingerprint density at radius 2 is 2.12 bits per heavy atom. The van der Waals surface area contributed by atoms with Gasteiger partial charge in [-0.2, -0.15) is 10.2 Å². The number of para-hydroxylation sites is 1. The molecule has 0 saturated carbocycles. The van der Waals surface area contributed by atoms with Crippen LogP contribution >= 0.6 is 0 Å². The molecule has 3 rings (SSSR count). The van der Waals surface area contributed by atoms with Gasteiger partial charge in [0.25, 0.3) is 0 Å². The highest BCUT2D eigenvalue weighted by atomic mass is 16.5. The van der Waals surface area contributed by atoms with Crippen LogP contribution in [0, 0.1) is 17.2 Å². The van der Waals surface area contributed by atoms with Crippen molar-refractivity contribution in [2.75, 3.05) is 37.7 Å². The van der Waals surface area contributed by atoms with E-state index >= 15 is 0 Å². The lowest BCUT2D eigenvalue weighted by Crippen LogP contribution is -2.37. The van der Waals surface area contributed by atoms with Crippen molar-refractivity contribution in [3.63, 3.8) is 0 Å². The molecule has 1 saturated heterocycles. The van der Waals surface area contributed by atoms with Gasteiger partial charge in [-0.25, -0.2) is 4.98 Å². The molecule has 2 aromatic rings. The third kappa shape index (κ3) is 4.03. The molecule has 1 aromatic carbocycles. The summed E-state index contributed by atoms with van der Waals surface area (Å²) in [7, 11) is 0. The largest absolute Gasteiger partial charge is 0.492 e. The molecular weight excluding hydrogens is 328 g/mol. The van der Waals surface area contributed by atoms with Crippen molar-refractivity contribution in [2.24, 2.45) is 5.92 Å². The second-order valence-electron chi connectivity index (χ2n) is 6.70. The van der Waals surface area contributed by atoms with Crippen LogP contribution in [-0.2, 0) is 0 Å². The number of nitrogen functional groups attached to an aromatic ring is 2. The van der Waals surface area contributed by atoms with Crippen molar-refractivity contribution < 1.29 is 4.74 Å². The highest BCUT2D eigenvalue weighted by molar-refractivity contribution is 5.77. The van der Waals surface area contributed by atoms with Gasteiger partial charge in [-0.15, -0.1) is 0 Å². The summed E-state index contributed by atoms with van der Waals surface area (Å²) in [5.41, 5.74) is 12.9. The molecule has 1 fully saturated rings. The Balaban J connectivity index is 1.78. The summed E-state index contributed by atoms with van der Waals surface area (Å²) in [5, 5.41) is 9.42. The van der Waals surface area contributed by atoms with Crippen molar-refractivity contribution in [3.05, 3.63) is 29.8 Å². The van der Waals surface area contributed by atoms with E-state index in [0.29, 0.717) is 23.6 Å². The molecule has 1 aliphatic heterocycles. The smallest absolute Gasteiger partial charge is 0.222 e. The number of piperidine rings is 1. The Kier molecular flexibility index (Phi) is 5.54. The van der Waals surface area contributed by atoms with Gasteiger partial charge in [0.1, 0.15) is 29.8 Å². The molecule has 26 heavy (non-hydrogen) atoms. The first kappa shape index (κ1) is 18.0. The second-order valence-corrected chi connectivity index (χ2v) is 6.70. The number of nitrogens with two attached hydrogens (primary N) is 2. The lowest BCUT2D eigenvalue weighted by atomic mass is 10.0. The number of ether oxygens (including phenoxy) is 1. The molecule has 0 aliphatic carbocycles. The van der Waals surface area contributed by atoms with Gasteiger partial charge in [-0.05, 0) is 37.4 Å². The third-order valence-electron chi connectivity index (χ3n) is 4.61. The topological polar surface area (TPSA) is 114 Å². The Hall–Kier alpha value is -2.85. The minimum atomic E-state index is 0.0357. The Labute approximate surface area is 153 Å². The van der Waals surface area contributed by atoms with Gasteiger partial charge in [0.2, 0.25) is 5.95 Å². The lowest BCUT2D eigenvalue weighted by molar-refractivity contribution is 0.154. The van der Waals surface area contributed by atoms with Crippen LogP contribution in [0.25, 0.3) is 11.3 Å². The Bertz CT molecular complexity index is 816. The number of nitrogens with zero attached hydrogens (tertiary/aromatic N) is 4. The van der Waals surface area contributed by atoms with E-state index in [1.807, 2.05) is 24.3 Å². The Morgan fingerprint density at radius 3 is 2.88 bits per heavy atom. The molecule has 1 unspecified atom stereocenters. The average molecular weight is 352 g/mol. The van der Waals surface area contributed by atoms with E-state index < -0.39 is 0 Å². The normalized spacial score (nSPS) is 17.6. The van der Waals surface area contributed by atoms with E-state index in [4.69, 9.17) is 16.2 Å². The zero-order valence-corrected chi connectivity index (χ0v) is 15.0. The van der Waals surface area contributed by atoms with E-state index in [-0.39, 0.29) is 17.3 Å². The monoisotopic (exact) mass is 352 g/mol. The summed E-state index contributed by atoms with van der Waals surface area (Å²) in [6.45, 7) is 5.96. The number of nitriles is 1. The van der Waals surface area contributed by atoms with Gasteiger partial charge < -0.3 is 16.2 Å². The molecular formula is C19H24N6O. The molecule has 1 atom stereocenters. The zero-order chi connectivity index (χ0) is 18.5. The minimum Gasteiger partial charge on any atom is -0.492 e. The maximum atomic E-state index is 9.42. The van der Waals surface area contributed by atoms with E-state index in [1.54, 1.807) is 0 Å². The highest BCUT2D eigenvalue weighted by Gasteiger charge is 2.18. The standard InChI is InChI=1S/C19H24N6O/c1-13-5-4-8-25(12-13)9-10-26-16-7-3-2-6-14(16)17-15(11-20)18(21)24-19(22)23-17/h2-3,6-7,13H,4-5,8-10,12H2,1H3,(H4,21,22,23,24). The molecule has 4 N–H and O–H groups in total. The SMILES string of the molecule is CC1CCCN(CCOc2ccccc2-c2nc(N)nc(N)c2C#N)C1. The number of likely N-dealkylation sites (tertiary alicyclic amines) is 1. The number of anilines is 2. The lowest BCUT2D eigenvalue weighted by Gasteiger charge is -2.30. The quantitative estimate of drug-likeness (QED) is 0.848. The number of hydrogen-bond acceptors (Lipinski definition) is 7. The van der Waals surface area contributed by atoms with Gasteiger partial charge in [0.05, 0.1) is 5.69 Å². The van der Waals surface area contributed by atoms with Crippen molar-refractivity contribution in [1.82, 2.24) is 14.9 Å². The Morgan fingerprint density at radius 1 is 1.31 bits per heavy atom. The number of benzene rings is 1. The molecule has 0 amide bonds. The minimum absolute atomic E-state index is 0.0357. The van der Waals surface area contributed by atoms with E-state index in [0.717, 1.165) is 25.6 Å². The summed E-state index contributed by atoms with van der Waals surface area (Å²) in [4.78, 5) is 10.5. The van der Waals surface area contributed by atoms with Crippen molar-refractivity contribution in [2.45, 2.75) is 19.8 Å². The van der Waals surface area contributed by atoms with Crippen molar-refractivity contribution in [3.8, 4) is 23.1 Å². The second kappa shape index (κ2) is 8.02. The molecule has 7 nitrogen and oxygen atoms in total. The predicted molar refractivity (Wildman–Crippen MR) is 101 cm³/mol. The summed E-state index contributed by atoms with van der Waals surface area (Å²) in [6.07, 6.45) is 2.54. The molecule has 1 aliphatic rings. The van der Waals surface area contributed by atoms with Crippen molar-refractivity contribution >= 4 is 11.8 Å². The molecule has 2 heterocycles. The van der Waals surface area contributed by atoms with Crippen molar-refractivity contribution in [1.29, 1.82) is 5.26 Å². The van der Waals surface area contributed by atoms with E-state index in [9.17, 15) is 5.26 Å². The summed E-state index contributed by atoms with van der Waals surface area (Å²) < 4.78 is 6.02. The molecule has 0 radical (unpaired) electrons. The summed E-state index contributed by atoms with van der Waals surface area (Å²) >= 11 is 0. The number of hydrogen-bond donors (Lipinski definition) is 2. The fraction of sp³-hybridized carbons (Fsp3) is 0.421. The van der Waals surface area contributed by atoms with Crippen LogP contribution < -0.4 is 16.2 Å². The van der Waals surface area contributed by atoms with Crippen LogP contribution in [0.5, 0.6) is 5.75 Å². The van der Waals surface area contributed by atoms with Gasteiger partial charge in [0.15, 0.2) is 0 Å². The molecule has 1 aromatic heterocycles. The van der Waals surface area contributed by atoms with Crippen LogP contribution in [0.15, 0.2) is 24.3 Å². The zero-order valence-electron chi connectivity index (χ0n) is 15.0. The maximum absolute atomic E-state index is 9.42. The van der Waals surface area contributed by atoms with Crippen LogP contribution in [0.2, 0.25) is 0 Å². The molecule has 136 valence electrons. The third-order valence-corrected chi connectivity index (χ3v) is 4.61. The highest BCUT2D eigenvalue weighted by Crippen LogP contribution is 2.32. The maximum Gasteiger partial charge on any atom is 0.222 e. The average Bonchev–Trinajstić information content (AvgIpc) is 2.62. The first-order valence-corrected chi connectivity index (χ1v) is 8.86. The fourth-order valence-corrected chi connectivity index (χ4v) is 3.36. The van der Waals surface area contributed by atoms with E-state index in [1.165, 1.54) is 12.8 Å². The van der Waals surface area contributed by atoms with Crippen LogP contribution in [-0.4, -0.2) is 41.1 Å². The first-order chi connectivity index (χ1) is 12.6. The van der Waals surface area contributed by atoms with Gasteiger partial charge >= 0.3 is 0 Å². The molecule has 0 spiro atoms. The van der Waals surface area contributed by atoms with Gasteiger partial charge in [-0.1, -0.05) is 19.1 Å². The number of aromatic nitrogens is 2. The van der Waals surface area contributed by atoms with Crippen LogP contribution in [0.3, 0.4) is 0 Å². The van der Waals surface area contributed by atoms with Gasteiger partial charge in [-0.3, -0.25) is 4.90 Å². The predicted octanol–water partition coefficient (Wildman–Crippen LogP) is 2.29. The van der Waals surface area contributed by atoms with Gasteiger partial charge in [0, 0.05) is 18.7 Å².